The van der Waals surface area contributed by atoms with Gasteiger partial charge < -0.3 is 14.9 Å². The molecule has 0 unspecified atom stereocenters. The molecule has 0 bridgehead atoms. The van der Waals surface area contributed by atoms with Gasteiger partial charge >= 0.3 is 0 Å². The van der Waals surface area contributed by atoms with Crippen LogP contribution in [-0.4, -0.2) is 37.0 Å². The van der Waals surface area contributed by atoms with E-state index >= 15 is 0 Å². The van der Waals surface area contributed by atoms with Crippen LogP contribution >= 0.6 is 11.9 Å². The molecule has 3 N–H and O–H groups in total. The molecule has 4 rings (SSSR count). The zero-order chi connectivity index (χ0) is 29.0. The van der Waals surface area contributed by atoms with Crippen molar-refractivity contribution in [2.24, 2.45) is 5.11 Å². The number of carbonyl (C=O) groups excluding carboxylic acids is 1. The summed E-state index contributed by atoms with van der Waals surface area (Å²) in [7, 11) is 0. The first-order valence-corrected chi connectivity index (χ1v) is 14.6. The van der Waals surface area contributed by atoms with Crippen molar-refractivity contribution in [3.63, 3.8) is 0 Å². The molecule has 1 heterocycles. The second-order valence-corrected chi connectivity index (χ2v) is 10.7. The summed E-state index contributed by atoms with van der Waals surface area (Å²) >= 11 is 1.40. The molecule has 214 valence electrons. The summed E-state index contributed by atoms with van der Waals surface area (Å²) in [5.41, 5.74) is 13.0. The highest BCUT2D eigenvalue weighted by molar-refractivity contribution is 7.97. The summed E-state index contributed by atoms with van der Waals surface area (Å²) in [6.45, 7) is 5.15. The number of piperidine rings is 1. The molecule has 6 nitrogen and oxygen atoms in total. The van der Waals surface area contributed by atoms with Crippen molar-refractivity contribution in [3.05, 3.63) is 119 Å². The van der Waals surface area contributed by atoms with E-state index in [4.69, 9.17) is 5.53 Å². The van der Waals surface area contributed by atoms with Crippen LogP contribution in [0, 0.1) is 17.2 Å². The number of hydrogen-bond acceptors (Lipinski definition) is 6. The number of halogens is 2. The van der Waals surface area contributed by atoms with Crippen molar-refractivity contribution in [1.29, 1.82) is 5.53 Å². The van der Waals surface area contributed by atoms with Gasteiger partial charge in [0.25, 0.3) is 5.91 Å². The predicted octanol–water partition coefficient (Wildman–Crippen LogP) is 7.56. The number of nitrogens with zero attached hydrogens (tertiary/aromatic N) is 2. The molecule has 0 saturated carbocycles. The monoisotopic (exact) mass is 575 g/mol. The van der Waals surface area contributed by atoms with Crippen LogP contribution in [0.15, 0.2) is 100 Å². The third-order valence-corrected chi connectivity index (χ3v) is 7.70. The number of carbonyl (C=O) groups is 1. The Morgan fingerprint density at radius 2 is 1.49 bits per heavy atom. The average Bonchev–Trinajstić information content (AvgIpc) is 3.00. The second-order valence-electron chi connectivity index (χ2n) is 9.83. The maximum atomic E-state index is 13.6. The molecular weight excluding hydrogens is 540 g/mol. The fraction of sp³-hybridized carbons (Fsp3) is 0.281. The number of likely N-dealkylation sites (tertiary alicyclic amines) is 1. The number of rotatable bonds is 12. The number of amides is 1. The fourth-order valence-corrected chi connectivity index (χ4v) is 5.32. The lowest BCUT2D eigenvalue weighted by Crippen LogP contribution is -2.32. The molecule has 1 fully saturated rings. The first-order chi connectivity index (χ1) is 20.0. The van der Waals surface area contributed by atoms with Crippen molar-refractivity contribution in [2.75, 3.05) is 26.2 Å². The molecule has 0 radical (unpaired) electrons. The van der Waals surface area contributed by atoms with Gasteiger partial charge in [-0.05, 0) is 96.4 Å². The molecule has 9 heteroatoms. The highest BCUT2D eigenvalue weighted by Crippen LogP contribution is 2.33. The van der Waals surface area contributed by atoms with E-state index in [2.05, 4.69) is 20.1 Å². The van der Waals surface area contributed by atoms with Crippen molar-refractivity contribution >= 4 is 23.4 Å². The van der Waals surface area contributed by atoms with Gasteiger partial charge in [0.2, 0.25) is 0 Å². The van der Waals surface area contributed by atoms with Crippen molar-refractivity contribution in [2.45, 2.75) is 37.5 Å². The van der Waals surface area contributed by atoms with Crippen molar-refractivity contribution < 1.29 is 13.6 Å². The van der Waals surface area contributed by atoms with Crippen molar-refractivity contribution in [3.8, 4) is 0 Å². The Morgan fingerprint density at radius 1 is 0.927 bits per heavy atom. The Morgan fingerprint density at radius 3 is 2.02 bits per heavy atom. The molecule has 0 spiro atoms. The number of nitrogens with one attached hydrogen (secondary N) is 3. The van der Waals surface area contributed by atoms with Crippen LogP contribution in [0.25, 0.3) is 5.57 Å². The van der Waals surface area contributed by atoms with Gasteiger partial charge in [-0.3, -0.25) is 4.79 Å². The molecule has 0 aromatic heterocycles. The zero-order valence-corrected chi connectivity index (χ0v) is 23.9. The van der Waals surface area contributed by atoms with Crippen LogP contribution in [0.4, 0.5) is 8.78 Å². The Bertz CT molecular complexity index is 1320. The standard InChI is InChI=1S/C32H35F2N5OS/c1-2-18-36-32(40)26-7-13-30(14-8-26)41-37-22-29(38-35)17-21-39-19-15-25(16-20-39)31(23-3-9-27(33)10-4-23)24-5-11-28(34)12-6-24/h3-14,22,35,37H,2,15-21H2,1H3,(H,36,40)/b29-22-,38-35?. The topological polar surface area (TPSA) is 80.6 Å². The minimum atomic E-state index is -0.284. The third kappa shape index (κ3) is 8.83. The van der Waals surface area contributed by atoms with E-state index in [1.165, 1.54) is 41.8 Å². The molecule has 0 atom stereocenters. The Labute approximate surface area is 244 Å². The molecule has 1 amide bonds. The molecule has 3 aromatic rings. The van der Waals surface area contributed by atoms with Gasteiger partial charge in [-0.15, -0.1) is 0 Å². The quantitative estimate of drug-likeness (QED) is 0.154. The van der Waals surface area contributed by atoms with E-state index < -0.39 is 0 Å². The van der Waals surface area contributed by atoms with E-state index in [1.807, 2.05) is 19.1 Å². The van der Waals surface area contributed by atoms with E-state index in [0.717, 1.165) is 60.5 Å². The summed E-state index contributed by atoms with van der Waals surface area (Å²) < 4.78 is 30.4. The molecule has 0 aliphatic carbocycles. The highest BCUT2D eigenvalue weighted by atomic mass is 32.2. The minimum absolute atomic E-state index is 0.0750. The lowest BCUT2D eigenvalue weighted by molar-refractivity contribution is 0.0953. The normalized spacial score (nSPS) is 14.0. The molecular formula is C32H35F2N5OS. The molecule has 41 heavy (non-hydrogen) atoms. The molecule has 1 saturated heterocycles. The van der Waals surface area contributed by atoms with E-state index in [0.29, 0.717) is 24.2 Å². The van der Waals surface area contributed by atoms with Crippen LogP contribution in [0.3, 0.4) is 0 Å². The summed E-state index contributed by atoms with van der Waals surface area (Å²) in [5.74, 6) is -0.643. The van der Waals surface area contributed by atoms with Crippen LogP contribution in [-0.2, 0) is 0 Å². The largest absolute Gasteiger partial charge is 0.352 e. The second kappa shape index (κ2) is 15.3. The van der Waals surface area contributed by atoms with Crippen LogP contribution in [0.5, 0.6) is 0 Å². The van der Waals surface area contributed by atoms with Crippen LogP contribution in [0.1, 0.15) is 54.1 Å². The average molecular weight is 576 g/mol. The van der Waals surface area contributed by atoms with E-state index in [-0.39, 0.29) is 17.5 Å². The molecule has 1 aliphatic rings. The Balaban J connectivity index is 1.31. The van der Waals surface area contributed by atoms with Gasteiger partial charge in [-0.2, -0.15) is 5.11 Å². The van der Waals surface area contributed by atoms with Crippen molar-refractivity contribution in [1.82, 2.24) is 14.9 Å². The maximum absolute atomic E-state index is 13.6. The number of benzene rings is 3. The maximum Gasteiger partial charge on any atom is 0.251 e. The van der Waals surface area contributed by atoms with Gasteiger partial charge in [0.1, 0.15) is 11.6 Å². The van der Waals surface area contributed by atoms with Gasteiger partial charge in [-0.1, -0.05) is 36.8 Å². The highest BCUT2D eigenvalue weighted by Gasteiger charge is 2.19. The minimum Gasteiger partial charge on any atom is -0.352 e. The van der Waals surface area contributed by atoms with Crippen LogP contribution < -0.4 is 10.0 Å². The predicted molar refractivity (Wildman–Crippen MR) is 160 cm³/mol. The summed E-state index contributed by atoms with van der Waals surface area (Å²) in [5, 5.41) is 6.56. The zero-order valence-electron chi connectivity index (χ0n) is 23.1. The van der Waals surface area contributed by atoms with Gasteiger partial charge in [0.15, 0.2) is 0 Å². The SMILES string of the molecule is CCCNC(=O)c1ccc(SN/C=C(/CCN2CCC(=C(c3ccc(F)cc3)c3ccc(F)cc3)CC2)N=N)cc1. The lowest BCUT2D eigenvalue weighted by atomic mass is 9.88. The number of hydrogen-bond donors (Lipinski definition) is 3. The Kier molecular flexibility index (Phi) is 11.2. The summed E-state index contributed by atoms with van der Waals surface area (Å²) in [6.07, 6.45) is 4.97. The summed E-state index contributed by atoms with van der Waals surface area (Å²) in [6, 6.07) is 20.3. The van der Waals surface area contributed by atoms with Gasteiger partial charge in [0, 0.05) is 49.3 Å². The first kappa shape index (κ1) is 30.1. The summed E-state index contributed by atoms with van der Waals surface area (Å²) in [4.78, 5) is 15.4. The van der Waals surface area contributed by atoms with E-state index in [9.17, 15) is 13.6 Å². The first-order valence-electron chi connectivity index (χ1n) is 13.8. The fourth-order valence-electron chi connectivity index (χ4n) is 4.72. The molecule has 3 aromatic carbocycles. The lowest BCUT2D eigenvalue weighted by Gasteiger charge is -2.30. The van der Waals surface area contributed by atoms with Crippen LogP contribution in [0.2, 0.25) is 0 Å². The van der Waals surface area contributed by atoms with Gasteiger partial charge in [-0.25, -0.2) is 14.3 Å². The Hall–Kier alpha value is -3.82. The molecule has 1 aliphatic heterocycles. The smallest absolute Gasteiger partial charge is 0.251 e. The van der Waals surface area contributed by atoms with Gasteiger partial charge in [0.05, 0.1) is 5.70 Å². The third-order valence-electron chi connectivity index (χ3n) is 6.96. The van der Waals surface area contributed by atoms with E-state index in [1.54, 1.807) is 42.6 Å².